The highest BCUT2D eigenvalue weighted by Gasteiger charge is 2.28. The second-order valence-electron chi connectivity index (χ2n) is 6.86. The summed E-state index contributed by atoms with van der Waals surface area (Å²) in [4.78, 5) is 13.3. The predicted octanol–water partition coefficient (Wildman–Crippen LogP) is 2.13. The molecule has 0 atom stereocenters. The average molecular weight is 408 g/mol. The van der Waals surface area contributed by atoms with Crippen molar-refractivity contribution in [3.05, 3.63) is 23.8 Å². The number of carbonyl (C=O) groups is 1. The Bertz CT molecular complexity index is 748. The lowest BCUT2D eigenvalue weighted by Crippen LogP contribution is -2.41. The van der Waals surface area contributed by atoms with Gasteiger partial charge in [-0.25, -0.2) is 21.9 Å². The van der Waals surface area contributed by atoms with Crippen molar-refractivity contribution in [3.8, 4) is 5.75 Å². The molecule has 154 valence electrons. The van der Waals surface area contributed by atoms with Crippen molar-refractivity contribution in [1.82, 2.24) is 9.62 Å². The third-order valence-corrected chi connectivity index (χ3v) is 5.13. The van der Waals surface area contributed by atoms with E-state index in [9.17, 15) is 22.0 Å². The number of hydrogen-bond donors (Lipinski definition) is 1. The molecule has 1 amide bonds. The van der Waals surface area contributed by atoms with E-state index < -0.39 is 34.4 Å². The highest BCUT2D eigenvalue weighted by atomic mass is 32.2. The Morgan fingerprint density at radius 1 is 1.26 bits per heavy atom. The molecule has 1 N–H and O–H groups in total. The van der Waals surface area contributed by atoms with Crippen molar-refractivity contribution in [2.45, 2.75) is 37.6 Å². The highest BCUT2D eigenvalue weighted by molar-refractivity contribution is 7.89. The maximum Gasteiger partial charge on any atom is 0.255 e. The first-order chi connectivity index (χ1) is 12.4. The van der Waals surface area contributed by atoms with Crippen LogP contribution in [0.15, 0.2) is 23.1 Å². The minimum atomic E-state index is -4.00. The van der Waals surface area contributed by atoms with Gasteiger partial charge < -0.3 is 14.4 Å². The standard InChI is InChI=1S/C17H26F2N2O5S/c1-17(2,3)20-27(23,24)14-10-12(6-7-13(14)26-5)16(22)21(8-9-25-4)11-15(18)19/h6-7,10,15,20H,8-9,11H2,1-5H3. The molecule has 0 saturated carbocycles. The Labute approximate surface area is 158 Å². The topological polar surface area (TPSA) is 84.9 Å². The number of amides is 1. The second kappa shape index (κ2) is 9.43. The number of halogens is 2. The van der Waals surface area contributed by atoms with E-state index in [1.165, 1.54) is 26.4 Å². The lowest BCUT2D eigenvalue weighted by atomic mass is 10.1. The summed E-state index contributed by atoms with van der Waals surface area (Å²) in [5.74, 6) is -0.678. The van der Waals surface area contributed by atoms with Crippen LogP contribution >= 0.6 is 0 Å². The van der Waals surface area contributed by atoms with Crippen LogP contribution < -0.4 is 9.46 Å². The quantitative estimate of drug-likeness (QED) is 0.677. The molecule has 0 aliphatic rings. The molecule has 1 rings (SSSR count). The molecule has 0 aliphatic carbocycles. The van der Waals surface area contributed by atoms with Gasteiger partial charge in [-0.3, -0.25) is 4.79 Å². The fourth-order valence-corrected chi connectivity index (χ4v) is 3.92. The van der Waals surface area contributed by atoms with E-state index >= 15 is 0 Å². The van der Waals surface area contributed by atoms with Crippen LogP contribution in [0.5, 0.6) is 5.75 Å². The molecular formula is C17H26F2N2O5S. The van der Waals surface area contributed by atoms with Gasteiger partial charge in [-0.15, -0.1) is 0 Å². The fourth-order valence-electron chi connectivity index (χ4n) is 2.30. The highest BCUT2D eigenvalue weighted by Crippen LogP contribution is 2.26. The average Bonchev–Trinajstić information content (AvgIpc) is 2.55. The van der Waals surface area contributed by atoms with Crippen LogP contribution in [0.25, 0.3) is 0 Å². The number of carbonyl (C=O) groups excluding carboxylic acids is 1. The van der Waals surface area contributed by atoms with E-state index in [1.807, 2.05) is 0 Å². The van der Waals surface area contributed by atoms with E-state index in [0.29, 0.717) is 0 Å². The van der Waals surface area contributed by atoms with E-state index in [1.54, 1.807) is 20.8 Å². The third-order valence-electron chi connectivity index (χ3n) is 3.35. The van der Waals surface area contributed by atoms with Gasteiger partial charge in [0.2, 0.25) is 10.0 Å². The fraction of sp³-hybridized carbons (Fsp3) is 0.588. The Morgan fingerprint density at radius 3 is 2.37 bits per heavy atom. The molecule has 0 fully saturated rings. The van der Waals surface area contributed by atoms with Gasteiger partial charge in [0.25, 0.3) is 12.3 Å². The van der Waals surface area contributed by atoms with Crippen molar-refractivity contribution in [1.29, 1.82) is 0 Å². The predicted molar refractivity (Wildman–Crippen MR) is 96.9 cm³/mol. The molecule has 0 bridgehead atoms. The molecule has 0 saturated heterocycles. The van der Waals surface area contributed by atoms with Gasteiger partial charge in [0.05, 0.1) is 20.3 Å². The summed E-state index contributed by atoms with van der Waals surface area (Å²) in [7, 11) is -1.31. The van der Waals surface area contributed by atoms with E-state index in [-0.39, 0.29) is 29.4 Å². The molecular weight excluding hydrogens is 382 g/mol. The van der Waals surface area contributed by atoms with Crippen LogP contribution in [0.1, 0.15) is 31.1 Å². The number of rotatable bonds is 9. The molecule has 1 aromatic carbocycles. The van der Waals surface area contributed by atoms with Gasteiger partial charge in [0.1, 0.15) is 10.6 Å². The zero-order valence-electron chi connectivity index (χ0n) is 16.1. The summed E-state index contributed by atoms with van der Waals surface area (Å²) >= 11 is 0. The number of hydrogen-bond acceptors (Lipinski definition) is 5. The first-order valence-electron chi connectivity index (χ1n) is 8.19. The minimum Gasteiger partial charge on any atom is -0.495 e. The van der Waals surface area contributed by atoms with Gasteiger partial charge in [-0.2, -0.15) is 0 Å². The number of ether oxygens (including phenoxy) is 2. The number of sulfonamides is 1. The molecule has 0 heterocycles. The van der Waals surface area contributed by atoms with Crippen molar-refractivity contribution >= 4 is 15.9 Å². The molecule has 10 heteroatoms. The molecule has 0 unspecified atom stereocenters. The number of methoxy groups -OCH3 is 2. The van der Waals surface area contributed by atoms with Crippen LogP contribution in [-0.2, 0) is 14.8 Å². The summed E-state index contributed by atoms with van der Waals surface area (Å²) in [5.41, 5.74) is -0.800. The van der Waals surface area contributed by atoms with Gasteiger partial charge >= 0.3 is 0 Å². The van der Waals surface area contributed by atoms with Gasteiger partial charge in [-0.05, 0) is 39.0 Å². The zero-order valence-corrected chi connectivity index (χ0v) is 16.9. The molecule has 0 spiro atoms. The van der Waals surface area contributed by atoms with Gasteiger partial charge in [0, 0.05) is 24.8 Å². The van der Waals surface area contributed by atoms with Crippen LogP contribution in [0.3, 0.4) is 0 Å². The minimum absolute atomic E-state index is 0.0400. The number of alkyl halides is 2. The van der Waals surface area contributed by atoms with E-state index in [4.69, 9.17) is 9.47 Å². The molecule has 0 aromatic heterocycles. The second-order valence-corrected chi connectivity index (χ2v) is 8.51. The molecule has 1 aromatic rings. The van der Waals surface area contributed by atoms with Crippen LogP contribution in [0, 0.1) is 0 Å². The molecule has 0 radical (unpaired) electrons. The number of nitrogens with one attached hydrogen (secondary N) is 1. The van der Waals surface area contributed by atoms with E-state index in [0.717, 1.165) is 11.0 Å². The van der Waals surface area contributed by atoms with Crippen LogP contribution in [0.4, 0.5) is 8.78 Å². The largest absolute Gasteiger partial charge is 0.495 e. The monoisotopic (exact) mass is 408 g/mol. The smallest absolute Gasteiger partial charge is 0.255 e. The Kier molecular flexibility index (Phi) is 8.12. The van der Waals surface area contributed by atoms with Gasteiger partial charge in [-0.1, -0.05) is 0 Å². The maximum atomic E-state index is 12.8. The maximum absolute atomic E-state index is 12.8. The normalized spacial score (nSPS) is 12.3. The van der Waals surface area contributed by atoms with Gasteiger partial charge in [0.15, 0.2) is 0 Å². The Balaban J connectivity index is 3.31. The van der Waals surface area contributed by atoms with Crippen molar-refractivity contribution in [2.24, 2.45) is 0 Å². The lowest BCUT2D eigenvalue weighted by molar-refractivity contribution is 0.0478. The summed E-state index contributed by atoms with van der Waals surface area (Å²) in [6.45, 7) is 4.25. The summed E-state index contributed by atoms with van der Waals surface area (Å²) < 4.78 is 63.3. The first-order valence-corrected chi connectivity index (χ1v) is 9.68. The first kappa shape index (κ1) is 23.3. The van der Waals surface area contributed by atoms with Crippen LogP contribution in [0.2, 0.25) is 0 Å². The lowest BCUT2D eigenvalue weighted by Gasteiger charge is -2.24. The Hall–Kier alpha value is -1.78. The number of nitrogens with zero attached hydrogens (tertiary/aromatic N) is 1. The zero-order chi connectivity index (χ0) is 20.8. The van der Waals surface area contributed by atoms with Crippen LogP contribution in [-0.4, -0.2) is 65.1 Å². The summed E-state index contributed by atoms with van der Waals surface area (Å²) in [6, 6.07) is 3.78. The molecule has 7 nitrogen and oxygen atoms in total. The Morgan fingerprint density at radius 2 is 1.89 bits per heavy atom. The van der Waals surface area contributed by atoms with E-state index in [2.05, 4.69) is 4.72 Å². The SMILES string of the molecule is COCCN(CC(F)F)C(=O)c1ccc(OC)c(S(=O)(=O)NC(C)(C)C)c1. The molecule has 0 aliphatic heterocycles. The van der Waals surface area contributed by atoms with Crippen molar-refractivity contribution in [3.63, 3.8) is 0 Å². The summed E-state index contributed by atoms with van der Waals surface area (Å²) in [6.07, 6.45) is -2.73. The third kappa shape index (κ3) is 7.04. The molecule has 27 heavy (non-hydrogen) atoms. The van der Waals surface area contributed by atoms with Crippen molar-refractivity contribution in [2.75, 3.05) is 33.9 Å². The number of benzene rings is 1. The van der Waals surface area contributed by atoms with Crippen molar-refractivity contribution < 1.29 is 31.5 Å². The summed E-state index contributed by atoms with van der Waals surface area (Å²) in [5, 5.41) is 0.